The number of aryl methyl sites for hydroxylation is 1. The van der Waals surface area contributed by atoms with Crippen LogP contribution in [0.2, 0.25) is 0 Å². The molecule has 1 N–H and O–H groups in total. The van der Waals surface area contributed by atoms with Crippen molar-refractivity contribution in [1.82, 2.24) is 4.90 Å². The summed E-state index contributed by atoms with van der Waals surface area (Å²) in [5, 5.41) is 2.80. The van der Waals surface area contributed by atoms with Crippen molar-refractivity contribution >= 4 is 29.3 Å². The predicted molar refractivity (Wildman–Crippen MR) is 99.2 cm³/mol. The van der Waals surface area contributed by atoms with E-state index in [9.17, 15) is 18.4 Å². The van der Waals surface area contributed by atoms with Gasteiger partial charge in [-0.15, -0.1) is 11.8 Å². The van der Waals surface area contributed by atoms with Crippen LogP contribution in [0.4, 0.5) is 14.5 Å². The number of hydrogen-bond acceptors (Lipinski definition) is 3. The predicted octanol–water partition coefficient (Wildman–Crippen LogP) is 3.72. The quantitative estimate of drug-likeness (QED) is 0.747. The molecule has 2 aromatic carbocycles. The molecule has 2 rings (SSSR count). The van der Waals surface area contributed by atoms with Crippen LogP contribution in [-0.4, -0.2) is 36.1 Å². The van der Waals surface area contributed by atoms with Crippen molar-refractivity contribution in [3.63, 3.8) is 0 Å². The van der Waals surface area contributed by atoms with Crippen molar-refractivity contribution in [2.45, 2.75) is 18.2 Å². The highest BCUT2D eigenvalue weighted by atomic mass is 32.2. The van der Waals surface area contributed by atoms with E-state index in [0.717, 1.165) is 41.6 Å². The fourth-order valence-corrected chi connectivity index (χ4v) is 3.13. The number of nitrogens with one attached hydrogen (secondary N) is 1. The van der Waals surface area contributed by atoms with Gasteiger partial charge in [0.2, 0.25) is 11.8 Å². The molecule has 138 valence electrons. The van der Waals surface area contributed by atoms with Crippen molar-refractivity contribution in [2.75, 3.05) is 24.7 Å². The maximum absolute atomic E-state index is 13.2. The standard InChI is InChI=1S/C19H20F2N2O2S/c1-3-13-6-4-5-7-17(13)22-18(24)11-23(2)19(25)12-26-14-8-9-15(20)16(21)10-14/h4-10H,3,11-12H2,1-2H3,(H,22,24). The zero-order valence-corrected chi connectivity index (χ0v) is 15.4. The lowest BCUT2D eigenvalue weighted by molar-refractivity contribution is -0.131. The van der Waals surface area contributed by atoms with Crippen LogP contribution in [0.15, 0.2) is 47.4 Å². The number of amides is 2. The van der Waals surface area contributed by atoms with Crippen molar-refractivity contribution in [2.24, 2.45) is 0 Å². The first-order chi connectivity index (χ1) is 12.4. The van der Waals surface area contributed by atoms with E-state index < -0.39 is 11.6 Å². The number of anilines is 1. The van der Waals surface area contributed by atoms with Crippen LogP contribution in [-0.2, 0) is 16.0 Å². The number of para-hydroxylation sites is 1. The Morgan fingerprint density at radius 2 is 1.85 bits per heavy atom. The van der Waals surface area contributed by atoms with Crippen LogP contribution in [0.3, 0.4) is 0 Å². The molecule has 0 aliphatic rings. The van der Waals surface area contributed by atoms with Crippen molar-refractivity contribution in [1.29, 1.82) is 0 Å². The Balaban J connectivity index is 1.85. The fraction of sp³-hybridized carbons (Fsp3) is 0.263. The van der Waals surface area contributed by atoms with E-state index in [1.54, 1.807) is 0 Å². The minimum atomic E-state index is -0.954. The van der Waals surface area contributed by atoms with Gasteiger partial charge in [-0.2, -0.15) is 0 Å². The Bertz CT molecular complexity index is 799. The van der Waals surface area contributed by atoms with E-state index in [1.165, 1.54) is 18.0 Å². The van der Waals surface area contributed by atoms with Crippen LogP contribution in [0.5, 0.6) is 0 Å². The average Bonchev–Trinajstić information content (AvgIpc) is 2.62. The summed E-state index contributed by atoms with van der Waals surface area (Å²) in [7, 11) is 1.53. The molecule has 0 bridgehead atoms. The SMILES string of the molecule is CCc1ccccc1NC(=O)CN(C)C(=O)CSc1ccc(F)c(F)c1. The lowest BCUT2D eigenvalue weighted by Crippen LogP contribution is -2.36. The third kappa shape index (κ3) is 5.56. The van der Waals surface area contributed by atoms with Crippen LogP contribution in [0, 0.1) is 11.6 Å². The Kier molecular flexibility index (Phi) is 7.15. The first-order valence-electron chi connectivity index (χ1n) is 8.10. The molecule has 0 aliphatic carbocycles. The molecule has 4 nitrogen and oxygen atoms in total. The molecule has 0 spiro atoms. The number of carbonyl (C=O) groups excluding carboxylic acids is 2. The van der Waals surface area contributed by atoms with Gasteiger partial charge in [0.1, 0.15) is 0 Å². The first-order valence-corrected chi connectivity index (χ1v) is 9.08. The highest BCUT2D eigenvalue weighted by Gasteiger charge is 2.14. The topological polar surface area (TPSA) is 49.4 Å². The number of hydrogen-bond donors (Lipinski definition) is 1. The first kappa shape index (κ1) is 19.9. The van der Waals surface area contributed by atoms with Crippen molar-refractivity contribution < 1.29 is 18.4 Å². The van der Waals surface area contributed by atoms with Crippen molar-refractivity contribution in [3.05, 3.63) is 59.7 Å². The minimum absolute atomic E-state index is 0.0282. The molecule has 0 fully saturated rings. The lowest BCUT2D eigenvalue weighted by Gasteiger charge is -2.17. The van der Waals surface area contributed by atoms with E-state index in [4.69, 9.17) is 0 Å². The Morgan fingerprint density at radius 3 is 2.54 bits per heavy atom. The van der Waals surface area contributed by atoms with Gasteiger partial charge in [0.05, 0.1) is 12.3 Å². The third-order valence-corrected chi connectivity index (χ3v) is 4.71. The van der Waals surface area contributed by atoms with E-state index in [1.807, 2.05) is 31.2 Å². The fourth-order valence-electron chi connectivity index (χ4n) is 2.27. The largest absolute Gasteiger partial charge is 0.336 e. The molecule has 0 unspecified atom stereocenters. The summed E-state index contributed by atoms with van der Waals surface area (Å²) < 4.78 is 26.1. The van der Waals surface area contributed by atoms with Crippen LogP contribution in [0.25, 0.3) is 0 Å². The second kappa shape index (κ2) is 9.33. The molecule has 0 radical (unpaired) electrons. The van der Waals surface area contributed by atoms with Gasteiger partial charge in [-0.25, -0.2) is 8.78 Å². The van der Waals surface area contributed by atoms with Crippen LogP contribution >= 0.6 is 11.8 Å². The van der Waals surface area contributed by atoms with Crippen LogP contribution < -0.4 is 5.32 Å². The molecule has 0 saturated heterocycles. The van der Waals surface area contributed by atoms with Gasteiger partial charge < -0.3 is 10.2 Å². The van der Waals surface area contributed by atoms with E-state index in [2.05, 4.69) is 5.32 Å². The molecule has 2 aromatic rings. The van der Waals surface area contributed by atoms with Crippen LogP contribution in [0.1, 0.15) is 12.5 Å². The maximum Gasteiger partial charge on any atom is 0.243 e. The zero-order valence-electron chi connectivity index (χ0n) is 14.6. The van der Waals surface area contributed by atoms with Gasteiger partial charge in [-0.05, 0) is 36.2 Å². The number of likely N-dealkylation sites (N-methyl/N-ethyl adjacent to an activating group) is 1. The lowest BCUT2D eigenvalue weighted by atomic mass is 10.1. The molecule has 2 amide bonds. The molecule has 0 aromatic heterocycles. The maximum atomic E-state index is 13.2. The third-order valence-electron chi connectivity index (χ3n) is 3.73. The molecular weight excluding hydrogens is 358 g/mol. The Labute approximate surface area is 155 Å². The highest BCUT2D eigenvalue weighted by Crippen LogP contribution is 2.20. The Morgan fingerprint density at radius 1 is 1.12 bits per heavy atom. The van der Waals surface area contributed by atoms with Gasteiger partial charge in [0, 0.05) is 17.6 Å². The highest BCUT2D eigenvalue weighted by molar-refractivity contribution is 8.00. The number of rotatable bonds is 7. The zero-order chi connectivity index (χ0) is 19.1. The van der Waals surface area contributed by atoms with Gasteiger partial charge in [0.15, 0.2) is 11.6 Å². The van der Waals surface area contributed by atoms with E-state index >= 15 is 0 Å². The number of carbonyl (C=O) groups is 2. The molecule has 0 atom stereocenters. The number of halogens is 2. The average molecular weight is 378 g/mol. The summed E-state index contributed by atoms with van der Waals surface area (Å²) in [6, 6.07) is 11.0. The van der Waals surface area contributed by atoms with Gasteiger partial charge in [-0.1, -0.05) is 25.1 Å². The minimum Gasteiger partial charge on any atom is -0.336 e. The molecular formula is C19H20F2N2O2S. The number of thioether (sulfide) groups is 1. The number of nitrogens with zero attached hydrogens (tertiary/aromatic N) is 1. The van der Waals surface area contributed by atoms with E-state index in [0.29, 0.717) is 4.90 Å². The number of benzene rings is 2. The summed E-state index contributed by atoms with van der Waals surface area (Å²) in [5.74, 6) is -2.43. The summed E-state index contributed by atoms with van der Waals surface area (Å²) in [4.78, 5) is 26.0. The van der Waals surface area contributed by atoms with Crippen molar-refractivity contribution in [3.8, 4) is 0 Å². The second-order valence-electron chi connectivity index (χ2n) is 5.67. The Hall–Kier alpha value is -2.41. The normalized spacial score (nSPS) is 10.5. The second-order valence-corrected chi connectivity index (χ2v) is 6.72. The summed E-state index contributed by atoms with van der Waals surface area (Å²) >= 11 is 1.09. The van der Waals surface area contributed by atoms with Gasteiger partial charge in [0.25, 0.3) is 0 Å². The van der Waals surface area contributed by atoms with Gasteiger partial charge >= 0.3 is 0 Å². The molecule has 26 heavy (non-hydrogen) atoms. The summed E-state index contributed by atoms with van der Waals surface area (Å²) in [6.07, 6.45) is 0.788. The molecule has 0 saturated carbocycles. The summed E-state index contributed by atoms with van der Waals surface area (Å²) in [5.41, 5.74) is 1.75. The smallest absolute Gasteiger partial charge is 0.243 e. The molecule has 0 heterocycles. The monoisotopic (exact) mass is 378 g/mol. The summed E-state index contributed by atoms with van der Waals surface area (Å²) in [6.45, 7) is 1.91. The molecule has 7 heteroatoms. The van der Waals surface area contributed by atoms with E-state index in [-0.39, 0.29) is 24.1 Å². The molecule has 0 aliphatic heterocycles. The van der Waals surface area contributed by atoms with Gasteiger partial charge in [-0.3, -0.25) is 9.59 Å².